The van der Waals surface area contributed by atoms with Crippen molar-refractivity contribution in [2.24, 2.45) is 0 Å². The van der Waals surface area contributed by atoms with Crippen molar-refractivity contribution >= 4 is 0 Å². The maximum absolute atomic E-state index is 5.46. The number of benzene rings is 1. The van der Waals surface area contributed by atoms with Crippen molar-refractivity contribution < 1.29 is 4.74 Å². The van der Waals surface area contributed by atoms with Crippen molar-refractivity contribution in [3.8, 4) is 5.75 Å². The van der Waals surface area contributed by atoms with Crippen LogP contribution in [-0.4, -0.2) is 7.11 Å². The molecule has 0 aliphatic rings. The number of rotatable bonds is 16. The van der Waals surface area contributed by atoms with E-state index in [4.69, 9.17) is 4.74 Å². The van der Waals surface area contributed by atoms with Gasteiger partial charge in [0, 0.05) is 0 Å². The third-order valence-corrected chi connectivity index (χ3v) is 5.54. The highest BCUT2D eigenvalue weighted by Gasteiger charge is 2.05. The Morgan fingerprint density at radius 2 is 1.00 bits per heavy atom. The summed E-state index contributed by atoms with van der Waals surface area (Å²) in [7, 11) is 1.77. The molecule has 0 aliphatic heterocycles. The molecule has 0 unspecified atom stereocenters. The van der Waals surface area contributed by atoms with E-state index in [2.05, 4.69) is 32.9 Å². The van der Waals surface area contributed by atoms with E-state index in [0.717, 1.165) is 5.75 Å². The molecule has 26 heavy (non-hydrogen) atoms. The molecule has 0 fully saturated rings. The third-order valence-electron chi connectivity index (χ3n) is 5.54. The van der Waals surface area contributed by atoms with Crippen LogP contribution in [-0.2, 0) is 6.42 Å². The zero-order valence-corrected chi connectivity index (χ0v) is 18.2. The van der Waals surface area contributed by atoms with Crippen molar-refractivity contribution in [2.45, 2.75) is 117 Å². The molecule has 1 rings (SSSR count). The predicted molar refractivity (Wildman–Crippen MR) is 116 cm³/mol. The molecular weight excluding hydrogens is 316 g/mol. The topological polar surface area (TPSA) is 9.23 Å². The van der Waals surface area contributed by atoms with Gasteiger partial charge in [-0.15, -0.1) is 0 Å². The summed E-state index contributed by atoms with van der Waals surface area (Å²) in [5.74, 6) is 1.05. The Morgan fingerprint density at radius 1 is 0.615 bits per heavy atom. The molecule has 0 bridgehead atoms. The summed E-state index contributed by atoms with van der Waals surface area (Å²) in [4.78, 5) is 0. The first-order valence-corrected chi connectivity index (χ1v) is 11.3. The molecule has 0 saturated heterocycles. The van der Waals surface area contributed by atoms with E-state index in [-0.39, 0.29) is 0 Å². The van der Waals surface area contributed by atoms with E-state index in [1.807, 2.05) is 0 Å². The lowest BCUT2D eigenvalue weighted by Gasteiger charge is -2.11. The zero-order valence-electron chi connectivity index (χ0n) is 18.2. The Bertz CT molecular complexity index is 440. The Labute approximate surface area is 163 Å². The van der Waals surface area contributed by atoms with Gasteiger partial charge >= 0.3 is 0 Å². The van der Waals surface area contributed by atoms with Gasteiger partial charge in [-0.1, -0.05) is 103 Å². The van der Waals surface area contributed by atoms with Crippen LogP contribution in [0.5, 0.6) is 5.75 Å². The summed E-state index contributed by atoms with van der Waals surface area (Å²) in [6.45, 7) is 6.60. The molecule has 0 heterocycles. The maximum atomic E-state index is 5.46. The van der Waals surface area contributed by atoms with Gasteiger partial charge in [-0.2, -0.15) is 0 Å². The van der Waals surface area contributed by atoms with Gasteiger partial charge in [0.2, 0.25) is 0 Å². The van der Waals surface area contributed by atoms with Gasteiger partial charge in [-0.25, -0.2) is 0 Å². The number of hydrogen-bond acceptors (Lipinski definition) is 1. The van der Waals surface area contributed by atoms with E-state index in [1.165, 1.54) is 113 Å². The second kappa shape index (κ2) is 15.1. The van der Waals surface area contributed by atoms with Gasteiger partial charge in [-0.05, 0) is 43.4 Å². The fourth-order valence-corrected chi connectivity index (χ4v) is 4.03. The lowest BCUT2D eigenvalue weighted by molar-refractivity contribution is 0.408. The molecule has 1 nitrogen and oxygen atoms in total. The first kappa shape index (κ1) is 23.1. The molecule has 0 aliphatic carbocycles. The average Bonchev–Trinajstić information content (AvgIpc) is 2.62. The molecule has 1 aromatic rings. The quantitative estimate of drug-likeness (QED) is 0.269. The van der Waals surface area contributed by atoms with Crippen molar-refractivity contribution in [3.05, 3.63) is 28.8 Å². The summed E-state index contributed by atoms with van der Waals surface area (Å²) in [6.07, 6.45) is 21.2. The first-order valence-electron chi connectivity index (χ1n) is 11.3. The minimum Gasteiger partial charge on any atom is -0.496 e. The summed E-state index contributed by atoms with van der Waals surface area (Å²) < 4.78 is 5.46. The van der Waals surface area contributed by atoms with E-state index in [1.54, 1.807) is 7.11 Å². The van der Waals surface area contributed by atoms with Crippen LogP contribution >= 0.6 is 0 Å². The number of methoxy groups -OCH3 is 1. The van der Waals surface area contributed by atoms with Crippen LogP contribution in [0.3, 0.4) is 0 Å². The van der Waals surface area contributed by atoms with Crippen molar-refractivity contribution in [2.75, 3.05) is 7.11 Å². The summed E-state index contributed by atoms with van der Waals surface area (Å²) in [5, 5.41) is 0. The Balaban J connectivity index is 1.94. The van der Waals surface area contributed by atoms with Crippen LogP contribution in [0.25, 0.3) is 0 Å². The van der Waals surface area contributed by atoms with Gasteiger partial charge in [0.25, 0.3) is 0 Å². The monoisotopic (exact) mass is 360 g/mol. The SMILES string of the molecule is CCCCCCCCCCCCCCCCc1cc(C)c(OC)c(C)c1. The zero-order chi connectivity index (χ0) is 19.0. The van der Waals surface area contributed by atoms with Crippen LogP contribution in [0.1, 0.15) is 114 Å². The Morgan fingerprint density at radius 3 is 1.38 bits per heavy atom. The fraction of sp³-hybridized carbons (Fsp3) is 0.760. The number of unbranched alkanes of at least 4 members (excludes halogenated alkanes) is 13. The highest BCUT2D eigenvalue weighted by atomic mass is 16.5. The van der Waals surface area contributed by atoms with Crippen LogP contribution in [0.2, 0.25) is 0 Å². The summed E-state index contributed by atoms with van der Waals surface area (Å²) >= 11 is 0. The predicted octanol–water partition coefficient (Wildman–Crippen LogP) is 8.34. The first-order chi connectivity index (χ1) is 12.7. The van der Waals surface area contributed by atoms with E-state index >= 15 is 0 Å². The molecule has 1 aromatic carbocycles. The number of hydrogen-bond donors (Lipinski definition) is 0. The summed E-state index contributed by atoms with van der Waals surface area (Å²) in [5.41, 5.74) is 4.01. The lowest BCUT2D eigenvalue weighted by atomic mass is 10.00. The molecule has 0 radical (unpaired) electrons. The van der Waals surface area contributed by atoms with Crippen LogP contribution in [0.4, 0.5) is 0 Å². The van der Waals surface area contributed by atoms with Gasteiger partial charge in [0.1, 0.15) is 5.75 Å². The fourth-order valence-electron chi connectivity index (χ4n) is 4.03. The Kier molecular flexibility index (Phi) is 13.4. The van der Waals surface area contributed by atoms with Crippen molar-refractivity contribution in [1.29, 1.82) is 0 Å². The lowest BCUT2D eigenvalue weighted by Crippen LogP contribution is -1.94. The highest BCUT2D eigenvalue weighted by molar-refractivity contribution is 5.43. The molecule has 1 heteroatoms. The smallest absolute Gasteiger partial charge is 0.124 e. The van der Waals surface area contributed by atoms with Gasteiger partial charge < -0.3 is 4.74 Å². The Hall–Kier alpha value is -0.980. The molecule has 0 saturated carbocycles. The number of aryl methyl sites for hydroxylation is 3. The van der Waals surface area contributed by atoms with Crippen LogP contribution in [0.15, 0.2) is 12.1 Å². The minimum atomic E-state index is 1.05. The second-order valence-electron chi connectivity index (χ2n) is 8.11. The van der Waals surface area contributed by atoms with E-state index in [0.29, 0.717) is 0 Å². The summed E-state index contributed by atoms with van der Waals surface area (Å²) in [6, 6.07) is 4.60. The van der Waals surface area contributed by atoms with Gasteiger partial charge in [-0.3, -0.25) is 0 Å². The molecule has 150 valence electrons. The molecule has 0 atom stereocenters. The van der Waals surface area contributed by atoms with E-state index < -0.39 is 0 Å². The second-order valence-corrected chi connectivity index (χ2v) is 8.11. The standard InChI is InChI=1S/C25H44O/c1-5-6-7-8-9-10-11-12-13-14-15-16-17-18-19-24-20-22(2)25(26-4)23(3)21-24/h20-21H,5-19H2,1-4H3. The largest absolute Gasteiger partial charge is 0.496 e. The third kappa shape index (κ3) is 10.2. The van der Waals surface area contributed by atoms with Crippen molar-refractivity contribution in [1.82, 2.24) is 0 Å². The molecular formula is C25H44O. The van der Waals surface area contributed by atoms with E-state index in [9.17, 15) is 0 Å². The van der Waals surface area contributed by atoms with Gasteiger partial charge in [0.05, 0.1) is 7.11 Å². The minimum absolute atomic E-state index is 1.05. The number of ether oxygens (including phenoxy) is 1. The molecule has 0 spiro atoms. The normalized spacial score (nSPS) is 11.1. The molecule has 0 N–H and O–H groups in total. The maximum Gasteiger partial charge on any atom is 0.124 e. The van der Waals surface area contributed by atoms with Crippen molar-refractivity contribution in [3.63, 3.8) is 0 Å². The van der Waals surface area contributed by atoms with Gasteiger partial charge in [0.15, 0.2) is 0 Å². The highest BCUT2D eigenvalue weighted by Crippen LogP contribution is 2.25. The van der Waals surface area contributed by atoms with Crippen LogP contribution in [0, 0.1) is 13.8 Å². The average molecular weight is 361 g/mol. The molecule has 0 amide bonds. The molecule has 0 aromatic heterocycles. The van der Waals surface area contributed by atoms with Crippen LogP contribution < -0.4 is 4.74 Å².